The predicted octanol–water partition coefficient (Wildman–Crippen LogP) is 3.20. The molecule has 0 radical (unpaired) electrons. The summed E-state index contributed by atoms with van der Waals surface area (Å²) in [4.78, 5) is 2.45. The van der Waals surface area contributed by atoms with Crippen LogP contribution >= 0.6 is 0 Å². The van der Waals surface area contributed by atoms with E-state index >= 15 is 0 Å². The Morgan fingerprint density at radius 1 is 1.12 bits per heavy atom. The molecule has 0 aliphatic heterocycles. The number of rotatable bonds is 7. The third-order valence-electron chi connectivity index (χ3n) is 3.01. The number of aryl methyl sites for hydroxylation is 1. The number of nitrogens with two attached hydrogens (primary N) is 1. The average Bonchev–Trinajstić information content (AvgIpc) is 2.30. The van der Waals surface area contributed by atoms with Crippen LogP contribution < -0.4 is 10.6 Å². The highest BCUT2D eigenvalue weighted by molar-refractivity contribution is 5.47. The van der Waals surface area contributed by atoms with Crippen LogP contribution in [0.4, 0.5) is 5.69 Å². The summed E-state index contributed by atoms with van der Waals surface area (Å²) in [5, 5.41) is 0. The van der Waals surface area contributed by atoms with Crippen molar-refractivity contribution in [3.05, 3.63) is 29.8 Å². The van der Waals surface area contributed by atoms with Crippen molar-refractivity contribution in [2.75, 3.05) is 24.5 Å². The molecule has 0 saturated heterocycles. The molecule has 96 valence electrons. The van der Waals surface area contributed by atoms with E-state index in [-0.39, 0.29) is 0 Å². The van der Waals surface area contributed by atoms with Crippen LogP contribution in [0, 0.1) is 12.8 Å². The molecule has 2 nitrogen and oxygen atoms in total. The van der Waals surface area contributed by atoms with Crippen molar-refractivity contribution >= 4 is 5.69 Å². The fourth-order valence-electron chi connectivity index (χ4n) is 1.82. The van der Waals surface area contributed by atoms with Crippen LogP contribution in [0.15, 0.2) is 24.3 Å². The van der Waals surface area contributed by atoms with Gasteiger partial charge in [-0.15, -0.1) is 0 Å². The molecular formula is C15H26N2. The Labute approximate surface area is 106 Å². The molecule has 1 aromatic rings. The Bertz CT molecular complexity index is 303. The van der Waals surface area contributed by atoms with Crippen LogP contribution in [0.5, 0.6) is 0 Å². The van der Waals surface area contributed by atoms with Gasteiger partial charge < -0.3 is 10.6 Å². The Balaban J connectivity index is 2.63. The maximum absolute atomic E-state index is 5.61. The summed E-state index contributed by atoms with van der Waals surface area (Å²) >= 11 is 0. The topological polar surface area (TPSA) is 29.3 Å². The van der Waals surface area contributed by atoms with Gasteiger partial charge in [-0.25, -0.2) is 0 Å². The summed E-state index contributed by atoms with van der Waals surface area (Å²) in [7, 11) is 0. The average molecular weight is 234 g/mol. The zero-order valence-corrected chi connectivity index (χ0v) is 11.4. The first-order valence-electron chi connectivity index (χ1n) is 6.65. The third kappa shape index (κ3) is 5.22. The smallest absolute Gasteiger partial charge is 0.0366 e. The lowest BCUT2D eigenvalue weighted by Crippen LogP contribution is -2.28. The Morgan fingerprint density at radius 2 is 1.76 bits per heavy atom. The maximum Gasteiger partial charge on any atom is 0.0366 e. The lowest BCUT2D eigenvalue weighted by Gasteiger charge is -2.25. The van der Waals surface area contributed by atoms with Gasteiger partial charge in [0, 0.05) is 18.8 Å². The highest BCUT2D eigenvalue weighted by Gasteiger charge is 2.06. The summed E-state index contributed by atoms with van der Waals surface area (Å²) < 4.78 is 0. The lowest BCUT2D eigenvalue weighted by atomic mass is 10.1. The second kappa shape index (κ2) is 7.33. The molecule has 0 fully saturated rings. The molecule has 0 bridgehead atoms. The van der Waals surface area contributed by atoms with Gasteiger partial charge in [0.05, 0.1) is 0 Å². The van der Waals surface area contributed by atoms with E-state index in [0.29, 0.717) is 0 Å². The highest BCUT2D eigenvalue weighted by Crippen LogP contribution is 2.16. The molecule has 2 heteroatoms. The minimum absolute atomic E-state index is 0.751. The molecule has 0 atom stereocenters. The van der Waals surface area contributed by atoms with Crippen LogP contribution in [0.2, 0.25) is 0 Å². The van der Waals surface area contributed by atoms with Gasteiger partial charge >= 0.3 is 0 Å². The Morgan fingerprint density at radius 3 is 2.29 bits per heavy atom. The van der Waals surface area contributed by atoms with E-state index in [4.69, 9.17) is 5.73 Å². The van der Waals surface area contributed by atoms with Crippen LogP contribution in [0.1, 0.15) is 32.3 Å². The zero-order valence-electron chi connectivity index (χ0n) is 11.4. The number of hydrogen-bond donors (Lipinski definition) is 1. The molecule has 0 aliphatic rings. The largest absolute Gasteiger partial charge is 0.371 e. The van der Waals surface area contributed by atoms with Gasteiger partial charge in [0.15, 0.2) is 0 Å². The SMILES string of the molecule is Cc1ccc(N(CCCN)CCC(C)C)cc1. The van der Waals surface area contributed by atoms with E-state index < -0.39 is 0 Å². The summed E-state index contributed by atoms with van der Waals surface area (Å²) in [5.41, 5.74) is 8.25. The highest BCUT2D eigenvalue weighted by atomic mass is 15.1. The van der Waals surface area contributed by atoms with Crippen molar-refractivity contribution in [1.82, 2.24) is 0 Å². The molecule has 1 rings (SSSR count). The number of nitrogens with zero attached hydrogens (tertiary/aromatic N) is 1. The van der Waals surface area contributed by atoms with E-state index in [1.807, 2.05) is 0 Å². The third-order valence-corrected chi connectivity index (χ3v) is 3.01. The summed E-state index contributed by atoms with van der Waals surface area (Å²) in [6.07, 6.45) is 2.30. The quantitative estimate of drug-likeness (QED) is 0.785. The van der Waals surface area contributed by atoms with Crippen molar-refractivity contribution in [3.63, 3.8) is 0 Å². The molecule has 0 amide bonds. The summed E-state index contributed by atoms with van der Waals surface area (Å²) in [6, 6.07) is 8.79. The van der Waals surface area contributed by atoms with Crippen LogP contribution in [-0.4, -0.2) is 19.6 Å². The van der Waals surface area contributed by atoms with Gasteiger partial charge in [-0.05, 0) is 44.4 Å². The molecule has 2 N–H and O–H groups in total. The first-order valence-corrected chi connectivity index (χ1v) is 6.65. The van der Waals surface area contributed by atoms with Crippen molar-refractivity contribution < 1.29 is 0 Å². The van der Waals surface area contributed by atoms with E-state index in [2.05, 4.69) is 49.9 Å². The van der Waals surface area contributed by atoms with Gasteiger partial charge in [-0.2, -0.15) is 0 Å². The van der Waals surface area contributed by atoms with Crippen LogP contribution in [-0.2, 0) is 0 Å². The standard InChI is InChI=1S/C15H26N2/c1-13(2)9-12-17(11-4-10-16)15-7-5-14(3)6-8-15/h5-8,13H,4,9-12,16H2,1-3H3. The second-order valence-electron chi connectivity index (χ2n) is 5.15. The first kappa shape index (κ1) is 14.0. The van der Waals surface area contributed by atoms with Gasteiger partial charge in [0.2, 0.25) is 0 Å². The van der Waals surface area contributed by atoms with Crippen LogP contribution in [0.25, 0.3) is 0 Å². The Kier molecular flexibility index (Phi) is 6.06. The molecular weight excluding hydrogens is 208 g/mol. The molecule has 0 aliphatic carbocycles. The van der Waals surface area contributed by atoms with E-state index in [0.717, 1.165) is 32.0 Å². The monoisotopic (exact) mass is 234 g/mol. The minimum atomic E-state index is 0.751. The van der Waals surface area contributed by atoms with Crippen molar-refractivity contribution in [2.24, 2.45) is 11.7 Å². The minimum Gasteiger partial charge on any atom is -0.371 e. The number of anilines is 1. The fourth-order valence-corrected chi connectivity index (χ4v) is 1.82. The number of hydrogen-bond acceptors (Lipinski definition) is 2. The van der Waals surface area contributed by atoms with E-state index in [1.165, 1.54) is 17.7 Å². The second-order valence-corrected chi connectivity index (χ2v) is 5.15. The van der Waals surface area contributed by atoms with E-state index in [1.54, 1.807) is 0 Å². The molecule has 0 saturated carbocycles. The van der Waals surface area contributed by atoms with Crippen molar-refractivity contribution in [3.8, 4) is 0 Å². The van der Waals surface area contributed by atoms with Gasteiger partial charge in [0.1, 0.15) is 0 Å². The van der Waals surface area contributed by atoms with Gasteiger partial charge in [0.25, 0.3) is 0 Å². The molecule has 0 unspecified atom stereocenters. The zero-order chi connectivity index (χ0) is 12.7. The fraction of sp³-hybridized carbons (Fsp3) is 0.600. The van der Waals surface area contributed by atoms with Crippen molar-refractivity contribution in [2.45, 2.75) is 33.6 Å². The van der Waals surface area contributed by atoms with Gasteiger partial charge in [-0.3, -0.25) is 0 Å². The van der Waals surface area contributed by atoms with Gasteiger partial charge in [-0.1, -0.05) is 31.5 Å². The maximum atomic E-state index is 5.61. The van der Waals surface area contributed by atoms with Crippen molar-refractivity contribution in [1.29, 1.82) is 0 Å². The first-order chi connectivity index (χ1) is 8.13. The number of benzene rings is 1. The molecule has 0 heterocycles. The van der Waals surface area contributed by atoms with Crippen LogP contribution in [0.3, 0.4) is 0 Å². The molecule has 0 aromatic heterocycles. The normalized spacial score (nSPS) is 10.9. The summed E-state index contributed by atoms with van der Waals surface area (Å²) in [5.74, 6) is 0.751. The molecule has 0 spiro atoms. The molecule has 1 aromatic carbocycles. The van der Waals surface area contributed by atoms with E-state index in [9.17, 15) is 0 Å². The summed E-state index contributed by atoms with van der Waals surface area (Å²) in [6.45, 7) is 9.63. The Hall–Kier alpha value is -1.02. The predicted molar refractivity (Wildman–Crippen MR) is 76.5 cm³/mol. The lowest BCUT2D eigenvalue weighted by molar-refractivity contribution is 0.568. The molecule has 17 heavy (non-hydrogen) atoms.